The molecule has 2 aromatic carbocycles. The van der Waals surface area contributed by atoms with Gasteiger partial charge < -0.3 is 5.73 Å². The molecule has 0 aliphatic heterocycles. The van der Waals surface area contributed by atoms with Gasteiger partial charge in [-0.05, 0) is 41.3 Å². The fourth-order valence-corrected chi connectivity index (χ4v) is 5.33. The van der Waals surface area contributed by atoms with E-state index in [1.54, 1.807) is 24.1 Å². The van der Waals surface area contributed by atoms with Gasteiger partial charge in [-0.2, -0.15) is 0 Å². The molecule has 0 fully saturated rings. The molecule has 36 heavy (non-hydrogen) atoms. The fourth-order valence-electron chi connectivity index (χ4n) is 4.68. The number of rotatable bonds is 5. The minimum Gasteiger partial charge on any atom is -0.384 e. The Morgan fingerprint density at radius 3 is 2.64 bits per heavy atom. The van der Waals surface area contributed by atoms with Crippen LogP contribution in [0.25, 0.3) is 37.9 Å². The van der Waals surface area contributed by atoms with E-state index in [0.717, 1.165) is 43.9 Å². The standard InChI is InChI=1S/C28H22N6OS/c1-17(12-22-26-27(32-15-31-22)36-16-33-26)23-13-18-6-5-9-21(19-10-11-24(29)30-14-19)25(18)28(35)34(23)20-7-3-2-4-8-20/h2-11,13-17H,12H2,1H3,(H2,29,30)/t17-/m1/s1. The zero-order valence-corrected chi connectivity index (χ0v) is 20.3. The molecular formula is C28H22N6OS. The van der Waals surface area contributed by atoms with Crippen LogP contribution in [0.4, 0.5) is 5.82 Å². The summed E-state index contributed by atoms with van der Waals surface area (Å²) in [6.07, 6.45) is 3.92. The highest BCUT2D eigenvalue weighted by Crippen LogP contribution is 2.31. The normalized spacial score (nSPS) is 12.2. The fraction of sp³-hybridized carbons (Fsp3) is 0.107. The van der Waals surface area contributed by atoms with Crippen LogP contribution in [0, 0.1) is 0 Å². The minimum atomic E-state index is -0.0746. The molecule has 7 nitrogen and oxygen atoms in total. The Hall–Kier alpha value is -4.43. The topological polar surface area (TPSA) is 99.6 Å². The van der Waals surface area contributed by atoms with Crippen LogP contribution in [-0.4, -0.2) is 24.5 Å². The Morgan fingerprint density at radius 2 is 1.83 bits per heavy atom. The molecule has 1 atom stereocenters. The molecule has 8 heteroatoms. The third kappa shape index (κ3) is 3.81. The van der Waals surface area contributed by atoms with Crippen LogP contribution in [0.15, 0.2) is 89.6 Å². The number of fused-ring (bicyclic) bond motifs is 2. The largest absolute Gasteiger partial charge is 0.384 e. The second-order valence-corrected chi connectivity index (χ2v) is 9.55. The van der Waals surface area contributed by atoms with Crippen LogP contribution in [-0.2, 0) is 6.42 Å². The van der Waals surface area contributed by atoms with Gasteiger partial charge >= 0.3 is 0 Å². The molecule has 0 unspecified atom stereocenters. The van der Waals surface area contributed by atoms with Gasteiger partial charge in [-0.25, -0.2) is 19.9 Å². The molecule has 0 aliphatic rings. The summed E-state index contributed by atoms with van der Waals surface area (Å²) in [5, 5.41) is 1.53. The molecule has 4 aromatic heterocycles. The molecular weight excluding hydrogens is 468 g/mol. The van der Waals surface area contributed by atoms with Crippen molar-refractivity contribution in [2.75, 3.05) is 5.73 Å². The average Bonchev–Trinajstić information content (AvgIpc) is 3.39. The molecule has 6 aromatic rings. The second kappa shape index (κ2) is 8.98. The summed E-state index contributed by atoms with van der Waals surface area (Å²) < 4.78 is 1.82. The molecule has 0 saturated carbocycles. The van der Waals surface area contributed by atoms with Crippen LogP contribution >= 0.6 is 11.3 Å². The van der Waals surface area contributed by atoms with Crippen molar-refractivity contribution in [2.24, 2.45) is 0 Å². The van der Waals surface area contributed by atoms with Gasteiger partial charge in [-0.3, -0.25) is 9.36 Å². The van der Waals surface area contributed by atoms with Crippen molar-refractivity contribution < 1.29 is 0 Å². The first kappa shape index (κ1) is 22.1. The summed E-state index contributed by atoms with van der Waals surface area (Å²) in [4.78, 5) is 32.6. The van der Waals surface area contributed by atoms with Gasteiger partial charge in [-0.15, -0.1) is 11.3 Å². The number of thiazole rings is 1. The van der Waals surface area contributed by atoms with Crippen molar-refractivity contribution >= 4 is 38.3 Å². The molecule has 2 N–H and O–H groups in total. The smallest absolute Gasteiger partial charge is 0.263 e. The highest BCUT2D eigenvalue weighted by atomic mass is 32.1. The second-order valence-electron chi connectivity index (χ2n) is 8.72. The summed E-state index contributed by atoms with van der Waals surface area (Å²) in [6, 6.07) is 21.4. The van der Waals surface area contributed by atoms with E-state index in [9.17, 15) is 4.79 Å². The van der Waals surface area contributed by atoms with E-state index in [0.29, 0.717) is 17.6 Å². The summed E-state index contributed by atoms with van der Waals surface area (Å²) >= 11 is 1.50. The number of hydrogen-bond acceptors (Lipinski definition) is 7. The number of para-hydroxylation sites is 1. The molecule has 0 radical (unpaired) electrons. The van der Waals surface area contributed by atoms with Gasteiger partial charge in [0.05, 0.1) is 16.6 Å². The highest BCUT2D eigenvalue weighted by Gasteiger charge is 2.20. The Labute approximate surface area is 211 Å². The lowest BCUT2D eigenvalue weighted by Crippen LogP contribution is -2.24. The SMILES string of the molecule is C[C@H](Cc1ncnc2scnc12)c1cc2cccc(-c3ccc(N)nc3)c2c(=O)n1-c1ccccc1. The zero-order valence-electron chi connectivity index (χ0n) is 19.5. The molecule has 0 spiro atoms. The number of nitrogen functional groups attached to an aromatic ring is 1. The monoisotopic (exact) mass is 490 g/mol. The van der Waals surface area contributed by atoms with Gasteiger partial charge in [0, 0.05) is 35.5 Å². The third-order valence-corrected chi connectivity index (χ3v) is 7.13. The Kier molecular flexibility index (Phi) is 5.50. The summed E-state index contributed by atoms with van der Waals surface area (Å²) in [5.41, 5.74) is 12.6. The van der Waals surface area contributed by atoms with E-state index in [1.807, 2.05) is 59.2 Å². The van der Waals surface area contributed by atoms with Crippen molar-refractivity contribution in [3.8, 4) is 16.8 Å². The Balaban J connectivity index is 1.57. The van der Waals surface area contributed by atoms with Crippen LogP contribution < -0.4 is 11.3 Å². The molecule has 0 saturated heterocycles. The highest BCUT2D eigenvalue weighted by molar-refractivity contribution is 7.16. The Morgan fingerprint density at radius 1 is 0.972 bits per heavy atom. The quantitative estimate of drug-likeness (QED) is 0.348. The molecule has 0 bridgehead atoms. The molecule has 6 rings (SSSR count). The maximum absolute atomic E-state index is 14.2. The lowest BCUT2D eigenvalue weighted by Gasteiger charge is -2.21. The third-order valence-electron chi connectivity index (χ3n) is 6.40. The van der Waals surface area contributed by atoms with Gasteiger partial charge in [-0.1, -0.05) is 43.3 Å². The van der Waals surface area contributed by atoms with Crippen molar-refractivity contribution in [3.05, 3.63) is 107 Å². The number of aromatic nitrogens is 5. The maximum atomic E-state index is 14.2. The Bertz CT molecular complexity index is 1760. The van der Waals surface area contributed by atoms with Gasteiger partial charge in [0.25, 0.3) is 5.56 Å². The first-order valence-electron chi connectivity index (χ1n) is 11.6. The minimum absolute atomic E-state index is 0.0102. The van der Waals surface area contributed by atoms with Gasteiger partial charge in [0.15, 0.2) is 0 Å². The van der Waals surface area contributed by atoms with E-state index in [4.69, 9.17) is 5.73 Å². The van der Waals surface area contributed by atoms with Crippen molar-refractivity contribution in [1.29, 1.82) is 0 Å². The average molecular weight is 491 g/mol. The van der Waals surface area contributed by atoms with Crippen molar-refractivity contribution in [3.63, 3.8) is 0 Å². The predicted molar refractivity (Wildman–Crippen MR) is 145 cm³/mol. The molecule has 0 aliphatic carbocycles. The molecule has 4 heterocycles. The number of hydrogen-bond donors (Lipinski definition) is 1. The number of anilines is 1. The molecule has 0 amide bonds. The van der Waals surface area contributed by atoms with E-state index < -0.39 is 0 Å². The van der Waals surface area contributed by atoms with Crippen LogP contribution in [0.2, 0.25) is 0 Å². The van der Waals surface area contributed by atoms with E-state index in [-0.39, 0.29) is 11.5 Å². The molecule has 176 valence electrons. The maximum Gasteiger partial charge on any atom is 0.263 e. The number of nitrogens with two attached hydrogens (primary N) is 1. The summed E-state index contributed by atoms with van der Waals surface area (Å²) in [6.45, 7) is 2.12. The van der Waals surface area contributed by atoms with Crippen LogP contribution in [0.1, 0.15) is 24.2 Å². The first-order valence-corrected chi connectivity index (χ1v) is 12.5. The predicted octanol–water partition coefficient (Wildman–Crippen LogP) is 5.38. The van der Waals surface area contributed by atoms with E-state index >= 15 is 0 Å². The number of pyridine rings is 2. The van der Waals surface area contributed by atoms with Crippen LogP contribution in [0.5, 0.6) is 0 Å². The van der Waals surface area contributed by atoms with Crippen molar-refractivity contribution in [2.45, 2.75) is 19.3 Å². The van der Waals surface area contributed by atoms with E-state index in [1.165, 1.54) is 11.3 Å². The lowest BCUT2D eigenvalue weighted by atomic mass is 9.95. The number of benzene rings is 2. The summed E-state index contributed by atoms with van der Waals surface area (Å²) in [7, 11) is 0. The van der Waals surface area contributed by atoms with Crippen LogP contribution in [0.3, 0.4) is 0 Å². The number of nitrogens with zero attached hydrogens (tertiary/aromatic N) is 5. The zero-order chi connectivity index (χ0) is 24.6. The van der Waals surface area contributed by atoms with Crippen molar-refractivity contribution in [1.82, 2.24) is 24.5 Å². The van der Waals surface area contributed by atoms with Gasteiger partial charge in [0.2, 0.25) is 0 Å². The van der Waals surface area contributed by atoms with Gasteiger partial charge in [0.1, 0.15) is 22.5 Å². The van der Waals surface area contributed by atoms with E-state index in [2.05, 4.69) is 32.9 Å². The first-order chi connectivity index (χ1) is 17.6. The lowest BCUT2D eigenvalue weighted by molar-refractivity contribution is 0.687. The summed E-state index contributed by atoms with van der Waals surface area (Å²) in [5.74, 6) is 0.430.